The molecule has 0 unspecified atom stereocenters. The van der Waals surface area contributed by atoms with Crippen LogP contribution in [-0.4, -0.2) is 4.98 Å². The molecule has 3 aromatic carbocycles. The van der Waals surface area contributed by atoms with Crippen molar-refractivity contribution in [1.82, 2.24) is 4.98 Å². The molecule has 0 radical (unpaired) electrons. The molecule has 0 spiro atoms. The fourth-order valence-electron chi connectivity index (χ4n) is 3.14. The largest absolute Gasteiger partial charge is 0.398 e. The lowest BCUT2D eigenvalue weighted by Crippen LogP contribution is -2.34. The number of aromatic nitrogens is 2. The maximum absolute atomic E-state index is 6.18. The van der Waals surface area contributed by atoms with Crippen LogP contribution in [0.4, 0.5) is 11.4 Å². The summed E-state index contributed by atoms with van der Waals surface area (Å²) in [5, 5.41) is 0. The van der Waals surface area contributed by atoms with Gasteiger partial charge in [0.05, 0.1) is 0 Å². The van der Waals surface area contributed by atoms with Crippen LogP contribution >= 0.6 is 0 Å². The van der Waals surface area contributed by atoms with Crippen molar-refractivity contribution in [2.45, 2.75) is 13.8 Å². The molecule has 0 aliphatic heterocycles. The standard InChI is InChI=1S/C20H18N4/c1-12-10-18-19(11-16(12)22)24(14-6-4-3-5-7-14)20-13(2)15(21)8-9-17(20)23-18/h3-11H,1-2H3,(H3,21,22)/p+1. The van der Waals surface area contributed by atoms with E-state index in [0.29, 0.717) is 0 Å². The summed E-state index contributed by atoms with van der Waals surface area (Å²) in [6.45, 7) is 4.03. The van der Waals surface area contributed by atoms with Crippen LogP contribution in [0.25, 0.3) is 27.8 Å². The highest BCUT2D eigenvalue weighted by Crippen LogP contribution is 2.25. The molecular weight excluding hydrogens is 296 g/mol. The van der Waals surface area contributed by atoms with Gasteiger partial charge in [-0.2, -0.15) is 0 Å². The predicted octanol–water partition coefficient (Wildman–Crippen LogP) is 3.45. The monoisotopic (exact) mass is 315 g/mol. The Kier molecular flexibility index (Phi) is 3.13. The van der Waals surface area contributed by atoms with E-state index in [1.54, 1.807) is 0 Å². The molecule has 0 bridgehead atoms. The highest BCUT2D eigenvalue weighted by Gasteiger charge is 2.22. The van der Waals surface area contributed by atoms with Crippen molar-refractivity contribution < 1.29 is 4.57 Å². The molecule has 0 amide bonds. The number of nitrogens with zero attached hydrogens (tertiary/aromatic N) is 2. The summed E-state index contributed by atoms with van der Waals surface area (Å²) < 4.78 is 2.19. The fourth-order valence-corrected chi connectivity index (χ4v) is 3.14. The molecule has 4 nitrogen and oxygen atoms in total. The zero-order valence-electron chi connectivity index (χ0n) is 13.7. The number of aryl methyl sites for hydroxylation is 2. The number of fused-ring (bicyclic) bond motifs is 2. The number of para-hydroxylation sites is 1. The first-order valence-electron chi connectivity index (χ1n) is 7.92. The van der Waals surface area contributed by atoms with Crippen molar-refractivity contribution >= 4 is 33.4 Å². The number of nitrogen functional groups attached to an aromatic ring is 2. The zero-order chi connectivity index (χ0) is 16.8. The maximum atomic E-state index is 6.18. The van der Waals surface area contributed by atoms with Gasteiger partial charge in [0.25, 0.3) is 0 Å². The minimum Gasteiger partial charge on any atom is -0.398 e. The minimum atomic E-state index is 0.758. The first-order chi connectivity index (χ1) is 11.6. The second-order valence-corrected chi connectivity index (χ2v) is 6.13. The number of hydrogen-bond acceptors (Lipinski definition) is 3. The lowest BCUT2D eigenvalue weighted by molar-refractivity contribution is -0.538. The van der Waals surface area contributed by atoms with Gasteiger partial charge in [0.1, 0.15) is 11.0 Å². The lowest BCUT2D eigenvalue weighted by atomic mass is 10.1. The number of benzene rings is 3. The highest BCUT2D eigenvalue weighted by molar-refractivity contribution is 5.88. The predicted molar refractivity (Wildman–Crippen MR) is 99.1 cm³/mol. The molecule has 24 heavy (non-hydrogen) atoms. The molecule has 118 valence electrons. The van der Waals surface area contributed by atoms with Gasteiger partial charge in [-0.3, -0.25) is 0 Å². The summed E-state index contributed by atoms with van der Waals surface area (Å²) >= 11 is 0. The molecule has 4 heteroatoms. The van der Waals surface area contributed by atoms with Crippen LogP contribution in [0.5, 0.6) is 0 Å². The summed E-state index contributed by atoms with van der Waals surface area (Å²) in [6, 6.07) is 18.1. The zero-order valence-corrected chi connectivity index (χ0v) is 13.7. The van der Waals surface area contributed by atoms with Crippen LogP contribution in [0.15, 0.2) is 54.6 Å². The molecule has 4 aromatic rings. The van der Waals surface area contributed by atoms with Crippen molar-refractivity contribution in [2.75, 3.05) is 11.5 Å². The molecule has 4 rings (SSSR count). The van der Waals surface area contributed by atoms with Crippen molar-refractivity contribution in [3.63, 3.8) is 0 Å². The normalized spacial score (nSPS) is 11.2. The van der Waals surface area contributed by atoms with Gasteiger partial charge in [-0.05, 0) is 37.6 Å². The number of anilines is 2. The maximum Gasteiger partial charge on any atom is 0.242 e. The molecule has 0 aliphatic rings. The molecule has 0 aliphatic carbocycles. The average molecular weight is 315 g/mol. The Hall–Kier alpha value is -3.14. The van der Waals surface area contributed by atoms with Crippen LogP contribution in [0.2, 0.25) is 0 Å². The molecule has 4 N–H and O–H groups in total. The Morgan fingerprint density at radius 3 is 2.33 bits per heavy atom. The SMILES string of the molecule is Cc1cc2nc3ccc(N)c(C)c3[n+](-c3ccccc3)c2cc1N. The first-order valence-corrected chi connectivity index (χ1v) is 7.92. The number of hydrogen-bond donors (Lipinski definition) is 2. The Labute approximate surface area is 140 Å². The van der Waals surface area contributed by atoms with Crippen molar-refractivity contribution in [1.29, 1.82) is 0 Å². The van der Waals surface area contributed by atoms with Gasteiger partial charge < -0.3 is 11.5 Å². The Bertz CT molecular complexity index is 1080. The van der Waals surface area contributed by atoms with Gasteiger partial charge >= 0.3 is 0 Å². The van der Waals surface area contributed by atoms with Gasteiger partial charge in [0, 0.05) is 35.1 Å². The minimum absolute atomic E-state index is 0.758. The van der Waals surface area contributed by atoms with Crippen molar-refractivity contribution in [3.05, 3.63) is 65.7 Å². The Balaban J connectivity index is 2.29. The van der Waals surface area contributed by atoms with Crippen LogP contribution in [0.1, 0.15) is 11.1 Å². The van der Waals surface area contributed by atoms with E-state index in [-0.39, 0.29) is 0 Å². The number of nitrogens with two attached hydrogens (primary N) is 2. The van der Waals surface area contributed by atoms with Gasteiger partial charge in [-0.1, -0.05) is 18.2 Å². The van der Waals surface area contributed by atoms with Crippen LogP contribution in [-0.2, 0) is 0 Å². The van der Waals surface area contributed by atoms with Gasteiger partial charge in [-0.15, -0.1) is 4.57 Å². The second kappa shape index (κ2) is 5.20. The van der Waals surface area contributed by atoms with Crippen LogP contribution < -0.4 is 16.0 Å². The molecular formula is C20H19N4+. The summed E-state index contributed by atoms with van der Waals surface area (Å²) in [4.78, 5) is 4.84. The van der Waals surface area contributed by atoms with E-state index in [0.717, 1.165) is 50.3 Å². The summed E-state index contributed by atoms with van der Waals surface area (Å²) in [6.07, 6.45) is 0. The summed E-state index contributed by atoms with van der Waals surface area (Å²) in [5.41, 5.74) is 20.8. The van der Waals surface area contributed by atoms with Crippen molar-refractivity contribution in [3.8, 4) is 5.69 Å². The Morgan fingerprint density at radius 2 is 1.58 bits per heavy atom. The second-order valence-electron chi connectivity index (χ2n) is 6.13. The smallest absolute Gasteiger partial charge is 0.242 e. The number of rotatable bonds is 1. The molecule has 0 saturated heterocycles. The van der Waals surface area contributed by atoms with Gasteiger partial charge in [0.15, 0.2) is 0 Å². The van der Waals surface area contributed by atoms with Crippen LogP contribution in [0, 0.1) is 13.8 Å². The van der Waals surface area contributed by atoms with E-state index in [1.165, 1.54) is 0 Å². The topological polar surface area (TPSA) is 68.8 Å². The van der Waals surface area contributed by atoms with Gasteiger partial charge in [-0.25, -0.2) is 4.98 Å². The van der Waals surface area contributed by atoms with E-state index in [1.807, 2.05) is 56.3 Å². The average Bonchev–Trinajstić information content (AvgIpc) is 2.59. The molecule has 0 saturated carbocycles. The molecule has 0 fully saturated rings. The van der Waals surface area contributed by atoms with E-state index in [9.17, 15) is 0 Å². The fraction of sp³-hybridized carbons (Fsp3) is 0.100. The van der Waals surface area contributed by atoms with Crippen molar-refractivity contribution in [2.24, 2.45) is 0 Å². The van der Waals surface area contributed by atoms with E-state index >= 15 is 0 Å². The van der Waals surface area contributed by atoms with Crippen LogP contribution in [0.3, 0.4) is 0 Å². The van der Waals surface area contributed by atoms with Gasteiger partial charge in [0.2, 0.25) is 16.7 Å². The quantitative estimate of drug-likeness (QED) is 0.321. The third-order valence-corrected chi connectivity index (χ3v) is 4.53. The first kappa shape index (κ1) is 14.5. The molecule has 1 heterocycles. The van der Waals surface area contributed by atoms with E-state index in [2.05, 4.69) is 16.7 Å². The molecule has 1 aromatic heterocycles. The Morgan fingerprint density at radius 1 is 0.833 bits per heavy atom. The van der Waals surface area contributed by atoms with E-state index in [4.69, 9.17) is 16.5 Å². The highest BCUT2D eigenvalue weighted by atomic mass is 15.0. The lowest BCUT2D eigenvalue weighted by Gasteiger charge is -2.09. The third-order valence-electron chi connectivity index (χ3n) is 4.53. The summed E-state index contributed by atoms with van der Waals surface area (Å²) in [7, 11) is 0. The van der Waals surface area contributed by atoms with E-state index < -0.39 is 0 Å². The summed E-state index contributed by atoms with van der Waals surface area (Å²) in [5.74, 6) is 0. The molecule has 0 atom stereocenters. The third kappa shape index (κ3) is 2.07.